The third-order valence-corrected chi connectivity index (χ3v) is 11.8. The first-order valence-corrected chi connectivity index (χ1v) is 18.1. The lowest BCUT2D eigenvalue weighted by molar-refractivity contribution is -0.122. The van der Waals surface area contributed by atoms with Crippen LogP contribution in [0.15, 0.2) is 71.6 Å². The molecule has 0 saturated carbocycles. The van der Waals surface area contributed by atoms with Gasteiger partial charge in [-0.15, -0.1) is 0 Å². The van der Waals surface area contributed by atoms with Crippen LogP contribution in [0.1, 0.15) is 43.2 Å². The van der Waals surface area contributed by atoms with Crippen molar-refractivity contribution in [2.45, 2.75) is 61.5 Å². The summed E-state index contributed by atoms with van der Waals surface area (Å²) in [6.45, 7) is 3.41. The predicted octanol–water partition coefficient (Wildman–Crippen LogP) is 5.73. The summed E-state index contributed by atoms with van der Waals surface area (Å²) in [6, 6.07) is 13.7. The zero-order valence-corrected chi connectivity index (χ0v) is 28.9. The number of amides is 2. The van der Waals surface area contributed by atoms with E-state index >= 15 is 4.39 Å². The average Bonchev–Trinajstić information content (AvgIpc) is 3.07. The minimum Gasteiger partial charge on any atom is -0.465 e. The quantitative estimate of drug-likeness (QED) is 0.231. The van der Waals surface area contributed by atoms with Gasteiger partial charge in [-0.1, -0.05) is 29.8 Å². The summed E-state index contributed by atoms with van der Waals surface area (Å²) < 4.78 is 63.5. The lowest BCUT2D eigenvalue weighted by Gasteiger charge is -2.40. The second-order valence-corrected chi connectivity index (χ2v) is 14.9. The Balaban J connectivity index is 1.43. The number of nitrogens with one attached hydrogen (secondary N) is 2. The number of likely N-dealkylation sites (N-methyl/N-ethyl adjacent to an activating group) is 1. The average molecular weight is 719 g/mol. The molecule has 0 aromatic heterocycles. The maximum absolute atomic E-state index is 15.5. The Hall–Kier alpha value is -3.62. The molecule has 2 amide bonds. The number of carbonyl (C=O) groups excluding carboxylic acids is 1. The Bertz CT molecular complexity index is 1720. The van der Waals surface area contributed by atoms with E-state index in [0.29, 0.717) is 44.2 Å². The molecule has 2 saturated heterocycles. The molecule has 49 heavy (non-hydrogen) atoms. The molecule has 4 atom stereocenters. The molecule has 264 valence electrons. The topological polar surface area (TPSA) is 128 Å². The fraction of sp³-hybridized carbons (Fsp3) is 0.429. The van der Waals surface area contributed by atoms with Crippen molar-refractivity contribution in [3.8, 4) is 0 Å². The van der Waals surface area contributed by atoms with Gasteiger partial charge in [-0.25, -0.2) is 22.0 Å². The van der Waals surface area contributed by atoms with Gasteiger partial charge in [0.25, 0.3) is 0 Å². The summed E-state index contributed by atoms with van der Waals surface area (Å²) in [6.07, 6.45) is 0.195. The zero-order valence-electron chi connectivity index (χ0n) is 27.3. The van der Waals surface area contributed by atoms with Crippen LogP contribution >= 0.6 is 11.6 Å². The van der Waals surface area contributed by atoms with E-state index in [1.807, 2.05) is 0 Å². The summed E-state index contributed by atoms with van der Waals surface area (Å²) in [5, 5.41) is 16.7. The van der Waals surface area contributed by atoms with Crippen LogP contribution < -0.4 is 10.6 Å². The van der Waals surface area contributed by atoms with Gasteiger partial charge in [-0.2, -0.15) is 4.31 Å². The zero-order chi connectivity index (χ0) is 35.3. The van der Waals surface area contributed by atoms with Crippen LogP contribution in [0.25, 0.3) is 0 Å². The van der Waals surface area contributed by atoms with Crippen LogP contribution in [0, 0.1) is 17.6 Å². The minimum atomic E-state index is -4.01. The molecule has 2 heterocycles. The van der Waals surface area contributed by atoms with Crippen molar-refractivity contribution >= 4 is 39.3 Å². The molecule has 3 aromatic rings. The summed E-state index contributed by atoms with van der Waals surface area (Å²) >= 11 is 6.17. The number of anilines is 1. The van der Waals surface area contributed by atoms with Crippen molar-refractivity contribution in [1.29, 1.82) is 0 Å². The van der Waals surface area contributed by atoms with E-state index in [9.17, 15) is 27.5 Å². The molecule has 2 fully saturated rings. The fourth-order valence-corrected chi connectivity index (χ4v) is 8.98. The standard InChI is InChI=1S/C35H41ClF2N4O6S/c1-22-20-39-21-27(42(22)49(46,47)28-13-10-26(37)11-14-28)12-15-29-30(38)4-3-5-31(29)40-34(43)33(41(2)35(44)45)32(24-16-18-48-19-17-24)23-6-8-25(36)9-7-23/h3-11,13-14,22,24,27,32-33,39H,12,15-21H2,1-2H3,(H,40,43)(H,44,45)/t22-,27+,32+,33+/m1/s1. The monoisotopic (exact) mass is 718 g/mol. The second kappa shape index (κ2) is 15.9. The third kappa shape index (κ3) is 8.41. The first-order valence-electron chi connectivity index (χ1n) is 16.3. The Morgan fingerprint density at radius 2 is 1.73 bits per heavy atom. The number of carbonyl (C=O) groups is 2. The Morgan fingerprint density at radius 1 is 1.06 bits per heavy atom. The SMILES string of the molecule is C[C@@H]1CNC[C@H](CCc2c(F)cccc2NC(=O)[C@H]([C@@H](c2ccc(Cl)cc2)C2CCOCC2)N(C)C(=O)O)N1S(=O)(=O)c1ccc(F)cc1. The highest BCUT2D eigenvalue weighted by Gasteiger charge is 2.41. The van der Waals surface area contributed by atoms with Crippen LogP contribution in [0.4, 0.5) is 19.3 Å². The number of hydrogen-bond acceptors (Lipinski definition) is 6. The van der Waals surface area contributed by atoms with Gasteiger partial charge in [-0.05, 0) is 92.6 Å². The molecular formula is C35H41ClF2N4O6S. The number of sulfonamides is 1. The molecule has 0 radical (unpaired) electrons. The van der Waals surface area contributed by atoms with Crippen molar-refractivity contribution in [3.63, 3.8) is 0 Å². The lowest BCUT2D eigenvalue weighted by atomic mass is 9.76. The minimum absolute atomic E-state index is 0.0418. The summed E-state index contributed by atoms with van der Waals surface area (Å²) in [5.74, 6) is -2.42. The van der Waals surface area contributed by atoms with E-state index in [4.69, 9.17) is 16.3 Å². The van der Waals surface area contributed by atoms with Gasteiger partial charge in [0.05, 0.1) is 4.90 Å². The van der Waals surface area contributed by atoms with Gasteiger partial charge in [0, 0.05) is 67.6 Å². The van der Waals surface area contributed by atoms with Crippen LogP contribution in [-0.2, 0) is 26.0 Å². The van der Waals surface area contributed by atoms with E-state index in [0.717, 1.165) is 22.6 Å². The van der Waals surface area contributed by atoms with Gasteiger partial charge in [0.1, 0.15) is 17.7 Å². The Morgan fingerprint density at radius 3 is 2.39 bits per heavy atom. The molecule has 0 spiro atoms. The molecular weight excluding hydrogens is 678 g/mol. The van der Waals surface area contributed by atoms with E-state index in [2.05, 4.69) is 10.6 Å². The highest BCUT2D eigenvalue weighted by atomic mass is 35.5. The maximum Gasteiger partial charge on any atom is 0.407 e. The van der Waals surface area contributed by atoms with Gasteiger partial charge < -0.3 is 20.5 Å². The molecule has 10 nitrogen and oxygen atoms in total. The molecule has 5 rings (SSSR count). The highest BCUT2D eigenvalue weighted by Crippen LogP contribution is 2.38. The predicted molar refractivity (Wildman–Crippen MR) is 182 cm³/mol. The van der Waals surface area contributed by atoms with E-state index in [1.165, 1.54) is 35.6 Å². The van der Waals surface area contributed by atoms with Crippen LogP contribution in [-0.4, -0.2) is 86.2 Å². The molecule has 2 aliphatic heterocycles. The summed E-state index contributed by atoms with van der Waals surface area (Å²) in [4.78, 5) is 27.6. The van der Waals surface area contributed by atoms with Gasteiger partial charge in [0.15, 0.2) is 0 Å². The smallest absolute Gasteiger partial charge is 0.407 e. The van der Waals surface area contributed by atoms with Crippen LogP contribution in [0.3, 0.4) is 0 Å². The number of piperazine rings is 1. The first-order chi connectivity index (χ1) is 23.4. The maximum atomic E-state index is 15.5. The highest BCUT2D eigenvalue weighted by molar-refractivity contribution is 7.89. The summed E-state index contributed by atoms with van der Waals surface area (Å²) in [5.41, 5.74) is 1.07. The van der Waals surface area contributed by atoms with Crippen LogP contribution in [0.2, 0.25) is 5.02 Å². The van der Waals surface area contributed by atoms with Gasteiger partial charge in [-0.3, -0.25) is 9.69 Å². The third-order valence-electron chi connectivity index (χ3n) is 9.46. The number of nitrogens with zero attached hydrogens (tertiary/aromatic N) is 2. The number of rotatable bonds is 11. The van der Waals surface area contributed by atoms with E-state index in [-0.39, 0.29) is 34.9 Å². The van der Waals surface area contributed by atoms with Crippen molar-refractivity contribution in [3.05, 3.63) is 94.5 Å². The largest absolute Gasteiger partial charge is 0.465 e. The van der Waals surface area contributed by atoms with E-state index in [1.54, 1.807) is 37.3 Å². The number of halogens is 3. The van der Waals surface area contributed by atoms with Crippen molar-refractivity contribution < 1.29 is 36.6 Å². The first kappa shape index (κ1) is 36.7. The normalized spacial score (nSPS) is 20.3. The number of carboxylic acid groups (broad SMARTS) is 1. The van der Waals surface area contributed by atoms with Gasteiger partial charge >= 0.3 is 6.09 Å². The van der Waals surface area contributed by atoms with E-state index < -0.39 is 57.7 Å². The molecule has 14 heteroatoms. The van der Waals surface area contributed by atoms with Crippen molar-refractivity contribution in [1.82, 2.24) is 14.5 Å². The van der Waals surface area contributed by atoms with Crippen molar-refractivity contribution in [2.75, 3.05) is 38.7 Å². The van der Waals surface area contributed by atoms with Crippen LogP contribution in [0.5, 0.6) is 0 Å². The van der Waals surface area contributed by atoms with Crippen molar-refractivity contribution in [2.24, 2.45) is 5.92 Å². The molecule has 0 bridgehead atoms. The molecule has 0 aliphatic carbocycles. The second-order valence-electron chi connectivity index (χ2n) is 12.6. The van der Waals surface area contributed by atoms with Gasteiger partial charge in [0.2, 0.25) is 15.9 Å². The number of ether oxygens (including phenoxy) is 1. The Kier molecular flexibility index (Phi) is 11.9. The summed E-state index contributed by atoms with van der Waals surface area (Å²) in [7, 11) is -2.67. The molecule has 2 aliphatic rings. The Labute approximate surface area is 290 Å². The molecule has 3 aromatic carbocycles. The number of hydrogen-bond donors (Lipinski definition) is 3. The molecule has 3 N–H and O–H groups in total. The fourth-order valence-electron chi connectivity index (χ4n) is 7.01. The number of benzene rings is 3. The molecule has 0 unspecified atom stereocenters. The lowest BCUT2D eigenvalue weighted by Crippen LogP contribution is -2.58.